The Hall–Kier alpha value is -0.850. The molecule has 1 aliphatic carbocycles. The Balaban J connectivity index is 1.78. The van der Waals surface area contributed by atoms with E-state index in [1.165, 1.54) is 30.2 Å². The minimum Gasteiger partial charge on any atom is -0.416 e. The molecule has 0 atom stereocenters. The summed E-state index contributed by atoms with van der Waals surface area (Å²) < 4.78 is 6.48. The minimum absolute atomic E-state index is 0.586. The summed E-state index contributed by atoms with van der Waals surface area (Å²) in [5, 5.41) is 12.0. The SMILES string of the molecule is Cc1nnc(Sc2cc(Br)ccc2CNC2CC2)o1. The van der Waals surface area contributed by atoms with Crippen LogP contribution in [-0.4, -0.2) is 16.2 Å². The second kappa shape index (κ2) is 5.64. The molecule has 1 fully saturated rings. The number of aromatic nitrogens is 2. The van der Waals surface area contributed by atoms with Gasteiger partial charge in [-0.05, 0) is 42.3 Å². The third-order valence-electron chi connectivity index (χ3n) is 2.89. The fourth-order valence-corrected chi connectivity index (χ4v) is 3.13. The molecule has 1 saturated carbocycles. The Morgan fingerprint density at radius 2 is 2.26 bits per heavy atom. The van der Waals surface area contributed by atoms with Crippen LogP contribution in [0.5, 0.6) is 0 Å². The van der Waals surface area contributed by atoms with Crippen molar-refractivity contribution >= 4 is 27.7 Å². The van der Waals surface area contributed by atoms with Crippen molar-refractivity contribution < 1.29 is 4.42 Å². The summed E-state index contributed by atoms with van der Waals surface area (Å²) in [6.45, 7) is 2.68. The molecule has 3 rings (SSSR count). The van der Waals surface area contributed by atoms with E-state index in [1.54, 1.807) is 6.92 Å². The summed E-state index contributed by atoms with van der Waals surface area (Å²) in [6, 6.07) is 6.98. The van der Waals surface area contributed by atoms with Crippen molar-refractivity contribution in [3.05, 3.63) is 34.1 Å². The smallest absolute Gasteiger partial charge is 0.281 e. The fraction of sp³-hybridized carbons (Fsp3) is 0.385. The zero-order chi connectivity index (χ0) is 13.2. The highest BCUT2D eigenvalue weighted by atomic mass is 79.9. The first-order chi connectivity index (χ1) is 9.20. The highest BCUT2D eigenvalue weighted by molar-refractivity contribution is 9.10. The monoisotopic (exact) mass is 339 g/mol. The normalized spacial score (nSPS) is 14.8. The fourth-order valence-electron chi connectivity index (χ4n) is 1.72. The van der Waals surface area contributed by atoms with Gasteiger partial charge >= 0.3 is 0 Å². The molecule has 0 radical (unpaired) electrons. The van der Waals surface area contributed by atoms with Gasteiger partial charge in [0.15, 0.2) is 0 Å². The standard InChI is InChI=1S/C13H14BrN3OS/c1-8-16-17-13(18-8)19-12-6-10(14)3-2-9(12)7-15-11-4-5-11/h2-3,6,11,15H,4-5,7H2,1H3. The van der Waals surface area contributed by atoms with E-state index in [0.717, 1.165) is 15.9 Å². The number of benzene rings is 1. The van der Waals surface area contributed by atoms with Gasteiger partial charge in [0.2, 0.25) is 5.89 Å². The van der Waals surface area contributed by atoms with Gasteiger partial charge in [-0.15, -0.1) is 10.2 Å². The molecule has 6 heteroatoms. The lowest BCUT2D eigenvalue weighted by Crippen LogP contribution is -2.15. The van der Waals surface area contributed by atoms with Crippen LogP contribution in [0.1, 0.15) is 24.3 Å². The highest BCUT2D eigenvalue weighted by Crippen LogP contribution is 2.32. The van der Waals surface area contributed by atoms with Gasteiger partial charge < -0.3 is 9.73 Å². The first kappa shape index (κ1) is 13.1. The predicted molar refractivity (Wildman–Crippen MR) is 77.2 cm³/mol. The molecule has 0 spiro atoms. The van der Waals surface area contributed by atoms with E-state index in [0.29, 0.717) is 17.2 Å². The van der Waals surface area contributed by atoms with Crippen LogP contribution in [0.15, 0.2) is 37.2 Å². The van der Waals surface area contributed by atoms with Crippen molar-refractivity contribution in [3.63, 3.8) is 0 Å². The van der Waals surface area contributed by atoms with E-state index in [9.17, 15) is 0 Å². The number of nitrogens with zero attached hydrogens (tertiary/aromatic N) is 2. The van der Waals surface area contributed by atoms with Crippen molar-refractivity contribution in [2.24, 2.45) is 0 Å². The molecule has 0 bridgehead atoms. The highest BCUT2D eigenvalue weighted by Gasteiger charge is 2.20. The maximum absolute atomic E-state index is 5.43. The van der Waals surface area contributed by atoms with Crippen LogP contribution < -0.4 is 5.32 Å². The third-order valence-corrected chi connectivity index (χ3v) is 4.33. The molecule has 1 aromatic carbocycles. The summed E-state index contributed by atoms with van der Waals surface area (Å²) in [4.78, 5) is 1.14. The van der Waals surface area contributed by atoms with Crippen LogP contribution in [0, 0.1) is 6.92 Å². The molecule has 1 heterocycles. The zero-order valence-corrected chi connectivity index (χ0v) is 12.9. The lowest BCUT2D eigenvalue weighted by atomic mass is 10.2. The van der Waals surface area contributed by atoms with Crippen molar-refractivity contribution in [1.82, 2.24) is 15.5 Å². The molecular formula is C13H14BrN3OS. The van der Waals surface area contributed by atoms with E-state index in [2.05, 4.69) is 49.6 Å². The molecule has 1 aromatic heterocycles. The van der Waals surface area contributed by atoms with Crippen LogP contribution in [-0.2, 0) is 6.54 Å². The summed E-state index contributed by atoms with van der Waals surface area (Å²) in [6.07, 6.45) is 2.59. The largest absolute Gasteiger partial charge is 0.416 e. The molecule has 0 unspecified atom stereocenters. The Morgan fingerprint density at radius 3 is 2.95 bits per heavy atom. The topological polar surface area (TPSA) is 51.0 Å². The second-order valence-corrected chi connectivity index (χ2v) is 6.51. The van der Waals surface area contributed by atoms with Gasteiger partial charge in [0.05, 0.1) is 0 Å². The summed E-state index contributed by atoms with van der Waals surface area (Å²) >= 11 is 5.02. The Bertz CT molecular complexity index is 583. The number of rotatable bonds is 5. The summed E-state index contributed by atoms with van der Waals surface area (Å²) in [5.74, 6) is 0.593. The maximum Gasteiger partial charge on any atom is 0.281 e. The molecule has 1 N–H and O–H groups in total. The van der Waals surface area contributed by atoms with Crippen molar-refractivity contribution in [2.45, 2.75) is 42.5 Å². The van der Waals surface area contributed by atoms with Gasteiger partial charge in [-0.2, -0.15) is 0 Å². The van der Waals surface area contributed by atoms with Gasteiger partial charge in [-0.1, -0.05) is 22.0 Å². The van der Waals surface area contributed by atoms with Crippen molar-refractivity contribution in [3.8, 4) is 0 Å². The van der Waals surface area contributed by atoms with Gasteiger partial charge in [-0.3, -0.25) is 0 Å². The third kappa shape index (κ3) is 3.58. The summed E-state index contributed by atoms with van der Waals surface area (Å²) in [7, 11) is 0. The minimum atomic E-state index is 0.586. The molecule has 0 amide bonds. The average molecular weight is 340 g/mol. The van der Waals surface area contributed by atoms with Crippen LogP contribution in [0.25, 0.3) is 0 Å². The molecule has 2 aromatic rings. The molecule has 100 valence electrons. The van der Waals surface area contributed by atoms with Gasteiger partial charge in [0.25, 0.3) is 5.22 Å². The van der Waals surface area contributed by atoms with Crippen molar-refractivity contribution in [2.75, 3.05) is 0 Å². The number of hydrogen-bond donors (Lipinski definition) is 1. The van der Waals surface area contributed by atoms with Crippen molar-refractivity contribution in [1.29, 1.82) is 0 Å². The predicted octanol–water partition coefficient (Wildman–Crippen LogP) is 3.54. The Kier molecular flexibility index (Phi) is 3.91. The average Bonchev–Trinajstić information content (AvgIpc) is 3.12. The molecule has 1 aliphatic rings. The van der Waals surface area contributed by atoms with E-state index in [4.69, 9.17) is 4.42 Å². The Labute approximate surface area is 124 Å². The molecular weight excluding hydrogens is 326 g/mol. The number of aryl methyl sites for hydroxylation is 1. The number of hydrogen-bond acceptors (Lipinski definition) is 5. The van der Waals surface area contributed by atoms with E-state index in [-0.39, 0.29) is 0 Å². The quantitative estimate of drug-likeness (QED) is 0.902. The van der Waals surface area contributed by atoms with Crippen LogP contribution in [0.4, 0.5) is 0 Å². The van der Waals surface area contributed by atoms with Crippen LogP contribution >= 0.6 is 27.7 Å². The van der Waals surface area contributed by atoms with Crippen LogP contribution in [0.2, 0.25) is 0 Å². The number of halogens is 1. The van der Waals surface area contributed by atoms with Gasteiger partial charge in [0.1, 0.15) is 0 Å². The molecule has 4 nitrogen and oxygen atoms in total. The molecule has 19 heavy (non-hydrogen) atoms. The van der Waals surface area contributed by atoms with E-state index in [1.807, 2.05) is 0 Å². The maximum atomic E-state index is 5.43. The molecule has 0 aliphatic heterocycles. The lowest BCUT2D eigenvalue weighted by molar-refractivity contribution is 0.429. The van der Waals surface area contributed by atoms with Crippen LogP contribution in [0.3, 0.4) is 0 Å². The van der Waals surface area contributed by atoms with Gasteiger partial charge in [-0.25, -0.2) is 0 Å². The number of nitrogens with one attached hydrogen (secondary N) is 1. The van der Waals surface area contributed by atoms with E-state index >= 15 is 0 Å². The first-order valence-electron chi connectivity index (χ1n) is 6.20. The van der Waals surface area contributed by atoms with Gasteiger partial charge in [0, 0.05) is 28.9 Å². The zero-order valence-electron chi connectivity index (χ0n) is 10.5. The van der Waals surface area contributed by atoms with E-state index < -0.39 is 0 Å². The first-order valence-corrected chi connectivity index (χ1v) is 7.81. The lowest BCUT2D eigenvalue weighted by Gasteiger charge is -2.08. The Morgan fingerprint density at radius 1 is 1.42 bits per heavy atom. The second-order valence-electron chi connectivity index (χ2n) is 4.60. The summed E-state index contributed by atoms with van der Waals surface area (Å²) in [5.41, 5.74) is 1.26. The molecule has 0 saturated heterocycles.